The van der Waals surface area contributed by atoms with E-state index in [1.165, 1.54) is 0 Å². The normalized spacial score (nSPS) is 16.9. The van der Waals surface area contributed by atoms with Gasteiger partial charge in [0.05, 0.1) is 0 Å². The highest BCUT2D eigenvalue weighted by atomic mass is 16.5. The van der Waals surface area contributed by atoms with Gasteiger partial charge in [-0.2, -0.15) is 0 Å². The molecule has 104 valence electrons. The molecule has 0 aromatic carbocycles. The summed E-state index contributed by atoms with van der Waals surface area (Å²) in [6, 6.07) is 3.76. The molecule has 3 heterocycles. The maximum absolute atomic E-state index is 10.5. The Morgan fingerprint density at radius 3 is 2.90 bits per heavy atom. The van der Waals surface area contributed by atoms with Gasteiger partial charge in [-0.05, 0) is 19.1 Å². The van der Waals surface area contributed by atoms with Crippen molar-refractivity contribution in [3.05, 3.63) is 24.5 Å². The second kappa shape index (κ2) is 4.68. The summed E-state index contributed by atoms with van der Waals surface area (Å²) in [7, 11) is 0. The van der Waals surface area contributed by atoms with E-state index in [0.29, 0.717) is 18.7 Å². The molecule has 1 aliphatic rings. The molecule has 0 unspecified atom stereocenters. The zero-order chi connectivity index (χ0) is 14.2. The summed E-state index contributed by atoms with van der Waals surface area (Å²) in [6.07, 6.45) is 3.24. The molecule has 2 aromatic rings. The molecule has 0 radical (unpaired) electrons. The predicted molar refractivity (Wildman–Crippen MR) is 71.5 cm³/mol. The SMILES string of the molecule is CC1(OCC(=O)O)CN(c2ccc3nccnc3n2)C1. The number of pyridine rings is 1. The second-order valence-electron chi connectivity index (χ2n) is 5.06. The van der Waals surface area contributed by atoms with E-state index in [-0.39, 0.29) is 6.61 Å². The third kappa shape index (κ3) is 2.39. The highest BCUT2D eigenvalue weighted by molar-refractivity contribution is 5.72. The standard InChI is InChI=1S/C13H14N4O3/c1-13(20-6-11(18)19)7-17(8-13)10-3-2-9-12(16-10)15-5-4-14-9/h2-5H,6-8H2,1H3,(H,18,19). The average molecular weight is 274 g/mol. The van der Waals surface area contributed by atoms with Crippen LogP contribution in [0.4, 0.5) is 5.82 Å². The molecule has 20 heavy (non-hydrogen) atoms. The van der Waals surface area contributed by atoms with Crippen molar-refractivity contribution in [2.45, 2.75) is 12.5 Å². The maximum Gasteiger partial charge on any atom is 0.329 e. The van der Waals surface area contributed by atoms with Crippen molar-refractivity contribution >= 4 is 23.0 Å². The van der Waals surface area contributed by atoms with Crippen molar-refractivity contribution in [1.29, 1.82) is 0 Å². The van der Waals surface area contributed by atoms with Crippen molar-refractivity contribution in [3.63, 3.8) is 0 Å². The zero-order valence-electron chi connectivity index (χ0n) is 11.0. The summed E-state index contributed by atoms with van der Waals surface area (Å²) in [5, 5.41) is 8.63. The summed E-state index contributed by atoms with van der Waals surface area (Å²) in [5.41, 5.74) is 0.920. The highest BCUT2D eigenvalue weighted by Gasteiger charge is 2.41. The van der Waals surface area contributed by atoms with E-state index in [0.717, 1.165) is 11.3 Å². The molecule has 0 spiro atoms. The van der Waals surface area contributed by atoms with E-state index in [1.54, 1.807) is 12.4 Å². The van der Waals surface area contributed by atoms with Gasteiger partial charge in [-0.25, -0.2) is 14.8 Å². The van der Waals surface area contributed by atoms with E-state index in [9.17, 15) is 4.79 Å². The number of aromatic nitrogens is 3. The number of anilines is 1. The third-order valence-electron chi connectivity index (χ3n) is 3.24. The quantitative estimate of drug-likeness (QED) is 0.878. The van der Waals surface area contributed by atoms with Crippen LogP contribution in [0.3, 0.4) is 0 Å². The number of hydrogen-bond donors (Lipinski definition) is 1. The van der Waals surface area contributed by atoms with Gasteiger partial charge in [-0.15, -0.1) is 0 Å². The van der Waals surface area contributed by atoms with E-state index in [4.69, 9.17) is 9.84 Å². The molecular formula is C13H14N4O3. The summed E-state index contributed by atoms with van der Waals surface area (Å²) in [4.78, 5) is 25.3. The maximum atomic E-state index is 10.5. The minimum absolute atomic E-state index is 0.277. The summed E-state index contributed by atoms with van der Waals surface area (Å²) >= 11 is 0. The Morgan fingerprint density at radius 2 is 2.15 bits per heavy atom. The number of rotatable bonds is 4. The lowest BCUT2D eigenvalue weighted by Crippen LogP contribution is -2.62. The molecule has 7 nitrogen and oxygen atoms in total. The number of aliphatic carboxylic acids is 1. The van der Waals surface area contributed by atoms with Gasteiger partial charge in [-0.1, -0.05) is 0 Å². The van der Waals surface area contributed by atoms with E-state index in [2.05, 4.69) is 15.0 Å². The molecule has 2 aromatic heterocycles. The van der Waals surface area contributed by atoms with Gasteiger partial charge in [0.1, 0.15) is 23.5 Å². The number of hydrogen-bond acceptors (Lipinski definition) is 6. The fourth-order valence-corrected chi connectivity index (χ4v) is 2.27. The topological polar surface area (TPSA) is 88.4 Å². The summed E-state index contributed by atoms with van der Waals surface area (Å²) in [6.45, 7) is 2.84. The second-order valence-corrected chi connectivity index (χ2v) is 5.06. The van der Waals surface area contributed by atoms with Crippen LogP contribution >= 0.6 is 0 Å². The lowest BCUT2D eigenvalue weighted by molar-refractivity contribution is -0.150. The minimum atomic E-state index is -0.955. The first kappa shape index (κ1) is 12.7. The minimum Gasteiger partial charge on any atom is -0.480 e. The van der Waals surface area contributed by atoms with Crippen LogP contribution in [-0.2, 0) is 9.53 Å². The first-order valence-electron chi connectivity index (χ1n) is 6.24. The van der Waals surface area contributed by atoms with E-state index >= 15 is 0 Å². The van der Waals surface area contributed by atoms with Crippen molar-refractivity contribution in [2.75, 3.05) is 24.6 Å². The first-order valence-corrected chi connectivity index (χ1v) is 6.24. The molecule has 7 heteroatoms. The Kier molecular flexibility index (Phi) is 2.98. The Bertz CT molecular complexity index is 655. The smallest absolute Gasteiger partial charge is 0.329 e. The molecule has 0 aliphatic carbocycles. The van der Waals surface area contributed by atoms with Gasteiger partial charge >= 0.3 is 5.97 Å². The van der Waals surface area contributed by atoms with E-state index < -0.39 is 11.6 Å². The Balaban J connectivity index is 1.70. The highest BCUT2D eigenvalue weighted by Crippen LogP contribution is 2.29. The van der Waals surface area contributed by atoms with Crippen LogP contribution in [0, 0.1) is 0 Å². The lowest BCUT2D eigenvalue weighted by atomic mass is 9.96. The molecule has 0 atom stereocenters. The van der Waals surface area contributed by atoms with Crippen LogP contribution in [0.1, 0.15) is 6.92 Å². The van der Waals surface area contributed by atoms with Crippen LogP contribution in [0.15, 0.2) is 24.5 Å². The molecule has 1 fully saturated rings. The third-order valence-corrected chi connectivity index (χ3v) is 3.24. The van der Waals surface area contributed by atoms with Crippen LogP contribution in [0.2, 0.25) is 0 Å². The van der Waals surface area contributed by atoms with Gasteiger partial charge in [-0.3, -0.25) is 4.98 Å². The van der Waals surface area contributed by atoms with Crippen LogP contribution in [-0.4, -0.2) is 51.3 Å². The number of fused-ring (bicyclic) bond motifs is 1. The van der Waals surface area contributed by atoms with Gasteiger partial charge in [0.2, 0.25) is 0 Å². The average Bonchev–Trinajstić information content (AvgIpc) is 2.41. The number of carbonyl (C=O) groups is 1. The summed E-state index contributed by atoms with van der Waals surface area (Å²) < 4.78 is 5.37. The molecule has 3 rings (SSSR count). The predicted octanol–water partition coefficient (Wildman–Crippen LogP) is 0.705. The van der Waals surface area contributed by atoms with Gasteiger partial charge in [0.15, 0.2) is 5.65 Å². The molecule has 0 bridgehead atoms. The van der Waals surface area contributed by atoms with Gasteiger partial charge in [0, 0.05) is 25.5 Å². The fraction of sp³-hybridized carbons (Fsp3) is 0.385. The first-order chi connectivity index (χ1) is 9.56. The lowest BCUT2D eigenvalue weighted by Gasteiger charge is -2.47. The number of carboxylic acids is 1. The number of nitrogens with zero attached hydrogens (tertiary/aromatic N) is 4. The van der Waals surface area contributed by atoms with Crippen molar-refractivity contribution in [1.82, 2.24) is 15.0 Å². The molecule has 0 amide bonds. The fourth-order valence-electron chi connectivity index (χ4n) is 2.27. The van der Waals surface area contributed by atoms with E-state index in [1.807, 2.05) is 24.0 Å². The van der Waals surface area contributed by atoms with Gasteiger partial charge < -0.3 is 14.7 Å². The van der Waals surface area contributed by atoms with Crippen LogP contribution < -0.4 is 4.90 Å². The Labute approximate surface area is 115 Å². The monoisotopic (exact) mass is 274 g/mol. The van der Waals surface area contributed by atoms with Crippen molar-refractivity contribution in [3.8, 4) is 0 Å². The van der Waals surface area contributed by atoms with Crippen molar-refractivity contribution in [2.24, 2.45) is 0 Å². The largest absolute Gasteiger partial charge is 0.480 e. The summed E-state index contributed by atoms with van der Waals surface area (Å²) in [5.74, 6) is -0.154. The van der Waals surface area contributed by atoms with Crippen LogP contribution in [0.25, 0.3) is 11.2 Å². The Hall–Kier alpha value is -2.28. The molecule has 1 N–H and O–H groups in total. The van der Waals surface area contributed by atoms with Gasteiger partial charge in [0.25, 0.3) is 0 Å². The molecule has 1 aliphatic heterocycles. The molecule has 1 saturated heterocycles. The van der Waals surface area contributed by atoms with Crippen LogP contribution in [0.5, 0.6) is 0 Å². The number of ether oxygens (including phenoxy) is 1. The van der Waals surface area contributed by atoms with Crippen molar-refractivity contribution < 1.29 is 14.6 Å². The zero-order valence-corrected chi connectivity index (χ0v) is 11.0. The molecule has 0 saturated carbocycles. The number of carboxylic acid groups (broad SMARTS) is 1. The Morgan fingerprint density at radius 1 is 1.40 bits per heavy atom. The molecular weight excluding hydrogens is 260 g/mol.